The Morgan fingerprint density at radius 2 is 2.19 bits per heavy atom. The van der Waals surface area contributed by atoms with E-state index in [2.05, 4.69) is 25.5 Å². The van der Waals surface area contributed by atoms with Crippen molar-refractivity contribution in [1.82, 2.24) is 20.2 Å². The third kappa shape index (κ3) is 2.64. The summed E-state index contributed by atoms with van der Waals surface area (Å²) in [6, 6.07) is 4.96. The molecule has 0 fully saturated rings. The minimum Gasteiger partial charge on any atom is -0.384 e. The van der Waals surface area contributed by atoms with Crippen LogP contribution in [0.4, 0.5) is 11.4 Å². The Labute approximate surface area is 119 Å². The molecule has 0 amide bonds. The number of aromatic nitrogens is 4. The molecule has 2 aromatic heterocycles. The second-order valence-corrected chi connectivity index (χ2v) is 4.42. The molecular weight excluding hydrogens is 272 g/mol. The number of nitro benzene ring substituents is 1. The van der Waals surface area contributed by atoms with E-state index in [0.717, 1.165) is 16.9 Å². The van der Waals surface area contributed by atoms with Crippen molar-refractivity contribution in [2.45, 2.75) is 6.42 Å². The smallest absolute Gasteiger partial charge is 0.278 e. The van der Waals surface area contributed by atoms with E-state index in [1.54, 1.807) is 18.3 Å². The highest BCUT2D eigenvalue weighted by molar-refractivity contribution is 5.99. The number of hydrogen-bond donors (Lipinski definition) is 2. The number of rotatable bonds is 5. The maximum atomic E-state index is 11.0. The minimum atomic E-state index is -0.400. The number of nitrogens with one attached hydrogen (secondary N) is 2. The summed E-state index contributed by atoms with van der Waals surface area (Å²) in [6.07, 6.45) is 5.27. The molecule has 2 N–H and O–H groups in total. The monoisotopic (exact) mass is 284 g/mol. The number of anilines is 1. The van der Waals surface area contributed by atoms with Crippen LogP contribution in [0.3, 0.4) is 0 Å². The molecular formula is C13H12N6O2. The molecule has 106 valence electrons. The van der Waals surface area contributed by atoms with Crippen LogP contribution in [0.1, 0.15) is 5.82 Å². The zero-order chi connectivity index (χ0) is 14.7. The quantitative estimate of drug-likeness (QED) is 0.547. The van der Waals surface area contributed by atoms with Crippen molar-refractivity contribution in [1.29, 1.82) is 0 Å². The molecule has 0 aliphatic heterocycles. The van der Waals surface area contributed by atoms with Crippen molar-refractivity contribution >= 4 is 22.1 Å². The molecule has 0 spiro atoms. The zero-order valence-corrected chi connectivity index (χ0v) is 11.0. The van der Waals surface area contributed by atoms with Crippen LogP contribution < -0.4 is 5.32 Å². The van der Waals surface area contributed by atoms with Crippen LogP contribution in [0, 0.1) is 10.1 Å². The molecule has 8 heteroatoms. The molecule has 1 aromatic carbocycles. The van der Waals surface area contributed by atoms with Crippen LogP contribution in [0.25, 0.3) is 10.8 Å². The lowest BCUT2D eigenvalue weighted by Crippen LogP contribution is -2.06. The van der Waals surface area contributed by atoms with Gasteiger partial charge in [-0.1, -0.05) is 0 Å². The maximum absolute atomic E-state index is 11.0. The second-order valence-electron chi connectivity index (χ2n) is 4.42. The van der Waals surface area contributed by atoms with Gasteiger partial charge in [0.05, 0.1) is 10.3 Å². The summed E-state index contributed by atoms with van der Waals surface area (Å²) >= 11 is 0. The van der Waals surface area contributed by atoms with Gasteiger partial charge in [-0.25, -0.2) is 4.98 Å². The molecule has 21 heavy (non-hydrogen) atoms. The predicted molar refractivity (Wildman–Crippen MR) is 77.0 cm³/mol. The third-order valence-corrected chi connectivity index (χ3v) is 3.13. The zero-order valence-electron chi connectivity index (χ0n) is 11.0. The molecule has 2 heterocycles. The van der Waals surface area contributed by atoms with E-state index < -0.39 is 4.92 Å². The first kappa shape index (κ1) is 13.0. The van der Waals surface area contributed by atoms with E-state index in [1.807, 2.05) is 0 Å². The summed E-state index contributed by atoms with van der Waals surface area (Å²) in [6.45, 7) is 0.643. The number of non-ortho nitro benzene ring substituents is 1. The van der Waals surface area contributed by atoms with E-state index in [9.17, 15) is 10.1 Å². The van der Waals surface area contributed by atoms with E-state index in [-0.39, 0.29) is 5.69 Å². The fourth-order valence-electron chi connectivity index (χ4n) is 2.16. The summed E-state index contributed by atoms with van der Waals surface area (Å²) < 4.78 is 0. The predicted octanol–water partition coefficient (Wildman–Crippen LogP) is 1.92. The lowest BCUT2D eigenvalue weighted by Gasteiger charge is -2.09. The molecule has 0 aliphatic carbocycles. The van der Waals surface area contributed by atoms with Gasteiger partial charge in [-0.2, -0.15) is 5.10 Å². The average Bonchev–Trinajstić information content (AvgIpc) is 3.00. The summed E-state index contributed by atoms with van der Waals surface area (Å²) in [5, 5.41) is 22.1. The molecule has 0 saturated heterocycles. The number of nitro groups is 1. The standard InChI is InChI=1S/C13H12N6O2/c20-19(21)12-2-1-11(9-3-5-14-7-10(9)12)15-6-4-13-16-8-17-18-13/h1-3,5,7-8,15H,4,6H2,(H,16,17,18). The van der Waals surface area contributed by atoms with Crippen LogP contribution in [0.15, 0.2) is 36.9 Å². The molecule has 0 aliphatic rings. The SMILES string of the molecule is O=[N+]([O-])c1ccc(NCCc2ncn[nH]2)c2ccncc12. The lowest BCUT2D eigenvalue weighted by molar-refractivity contribution is -0.383. The molecule has 0 radical (unpaired) electrons. The van der Waals surface area contributed by atoms with E-state index in [0.29, 0.717) is 18.4 Å². The first-order valence-electron chi connectivity index (χ1n) is 6.35. The van der Waals surface area contributed by atoms with Gasteiger partial charge >= 0.3 is 0 Å². The summed E-state index contributed by atoms with van der Waals surface area (Å²) in [4.78, 5) is 18.6. The fourth-order valence-corrected chi connectivity index (χ4v) is 2.16. The van der Waals surface area contributed by atoms with Crippen molar-refractivity contribution in [2.24, 2.45) is 0 Å². The van der Waals surface area contributed by atoms with Crippen molar-refractivity contribution in [2.75, 3.05) is 11.9 Å². The average molecular weight is 284 g/mol. The highest BCUT2D eigenvalue weighted by Gasteiger charge is 2.14. The minimum absolute atomic E-state index is 0.0545. The van der Waals surface area contributed by atoms with E-state index in [1.165, 1.54) is 18.6 Å². The summed E-state index contributed by atoms with van der Waals surface area (Å²) in [5.74, 6) is 0.787. The normalized spacial score (nSPS) is 10.7. The number of benzene rings is 1. The van der Waals surface area contributed by atoms with Crippen LogP contribution in [-0.4, -0.2) is 31.6 Å². The summed E-state index contributed by atoms with van der Waals surface area (Å²) in [5.41, 5.74) is 0.886. The number of pyridine rings is 1. The van der Waals surface area contributed by atoms with Crippen LogP contribution in [0.5, 0.6) is 0 Å². The molecule has 8 nitrogen and oxygen atoms in total. The third-order valence-electron chi connectivity index (χ3n) is 3.13. The Bertz CT molecular complexity index is 771. The topological polar surface area (TPSA) is 110 Å². The Morgan fingerprint density at radius 1 is 1.29 bits per heavy atom. The fraction of sp³-hybridized carbons (Fsp3) is 0.154. The van der Waals surface area contributed by atoms with E-state index >= 15 is 0 Å². The number of hydrogen-bond acceptors (Lipinski definition) is 6. The van der Waals surface area contributed by atoms with E-state index in [4.69, 9.17) is 0 Å². The first-order valence-corrected chi connectivity index (χ1v) is 6.35. The Morgan fingerprint density at radius 3 is 2.95 bits per heavy atom. The van der Waals surface area contributed by atoms with Crippen molar-refractivity contribution in [3.63, 3.8) is 0 Å². The number of aromatic amines is 1. The number of H-pyrrole nitrogens is 1. The Balaban J connectivity index is 1.85. The van der Waals surface area contributed by atoms with Crippen molar-refractivity contribution < 1.29 is 4.92 Å². The van der Waals surface area contributed by atoms with Gasteiger partial charge < -0.3 is 5.32 Å². The van der Waals surface area contributed by atoms with Gasteiger partial charge in [-0.3, -0.25) is 20.2 Å². The highest BCUT2D eigenvalue weighted by atomic mass is 16.6. The molecule has 0 atom stereocenters. The first-order chi connectivity index (χ1) is 10.3. The number of nitrogens with zero attached hydrogens (tertiary/aromatic N) is 4. The second kappa shape index (κ2) is 5.53. The summed E-state index contributed by atoms with van der Waals surface area (Å²) in [7, 11) is 0. The maximum Gasteiger partial charge on any atom is 0.278 e. The molecule has 0 unspecified atom stereocenters. The van der Waals surface area contributed by atoms with Crippen molar-refractivity contribution in [3.8, 4) is 0 Å². The number of fused-ring (bicyclic) bond motifs is 1. The van der Waals surface area contributed by atoms with Crippen LogP contribution >= 0.6 is 0 Å². The molecule has 0 saturated carbocycles. The van der Waals surface area contributed by atoms with Gasteiger partial charge in [0.1, 0.15) is 12.2 Å². The largest absolute Gasteiger partial charge is 0.384 e. The molecule has 3 rings (SSSR count). The van der Waals surface area contributed by atoms with Crippen molar-refractivity contribution in [3.05, 3.63) is 52.9 Å². The van der Waals surface area contributed by atoms with Crippen LogP contribution in [0.2, 0.25) is 0 Å². The van der Waals surface area contributed by atoms with Gasteiger partial charge in [0.15, 0.2) is 0 Å². The molecule has 3 aromatic rings. The van der Waals surface area contributed by atoms with Crippen LogP contribution in [-0.2, 0) is 6.42 Å². The van der Waals surface area contributed by atoms with Gasteiger partial charge in [0.2, 0.25) is 0 Å². The van der Waals surface area contributed by atoms with Gasteiger partial charge in [0.25, 0.3) is 5.69 Å². The van der Waals surface area contributed by atoms with Gasteiger partial charge in [0, 0.05) is 42.5 Å². The highest BCUT2D eigenvalue weighted by Crippen LogP contribution is 2.30. The molecule has 0 bridgehead atoms. The Kier molecular flexibility index (Phi) is 3.42. The Hall–Kier alpha value is -3.03. The lowest BCUT2D eigenvalue weighted by atomic mass is 10.1. The van der Waals surface area contributed by atoms with Gasteiger partial charge in [-0.15, -0.1) is 0 Å². The van der Waals surface area contributed by atoms with Gasteiger partial charge in [-0.05, 0) is 12.1 Å².